The molecule has 1 saturated heterocycles. The van der Waals surface area contributed by atoms with E-state index in [9.17, 15) is 4.79 Å². The van der Waals surface area contributed by atoms with Crippen molar-refractivity contribution >= 4 is 17.7 Å². The molecule has 2 atom stereocenters. The molecule has 0 bridgehead atoms. The van der Waals surface area contributed by atoms with Gasteiger partial charge in [0.1, 0.15) is 5.82 Å². The minimum absolute atomic E-state index is 0.128. The maximum absolute atomic E-state index is 11.2. The highest BCUT2D eigenvalue weighted by molar-refractivity contribution is 5.77. The van der Waals surface area contributed by atoms with E-state index in [1.54, 1.807) is 12.3 Å². The van der Waals surface area contributed by atoms with Crippen LogP contribution in [-0.4, -0.2) is 28.5 Å². The van der Waals surface area contributed by atoms with Crippen LogP contribution in [0.5, 0.6) is 0 Å². The monoisotopic (exact) mass is 235 g/mol. The van der Waals surface area contributed by atoms with E-state index in [2.05, 4.69) is 16.9 Å². The number of primary amides is 1. The van der Waals surface area contributed by atoms with Crippen molar-refractivity contribution in [3.8, 4) is 0 Å². The second-order valence-electron chi connectivity index (χ2n) is 4.46. The fourth-order valence-electron chi connectivity index (χ4n) is 2.12. The molecule has 6 nitrogen and oxygen atoms in total. The van der Waals surface area contributed by atoms with Crippen molar-refractivity contribution in [2.45, 2.75) is 25.8 Å². The first-order valence-electron chi connectivity index (χ1n) is 5.72. The van der Waals surface area contributed by atoms with Crippen molar-refractivity contribution in [3.63, 3.8) is 0 Å². The Balaban J connectivity index is 2.20. The molecule has 0 radical (unpaired) electrons. The first-order valence-corrected chi connectivity index (χ1v) is 5.72. The van der Waals surface area contributed by atoms with Crippen LogP contribution in [-0.2, 0) is 4.79 Å². The van der Waals surface area contributed by atoms with Gasteiger partial charge in [-0.25, -0.2) is 4.98 Å². The van der Waals surface area contributed by atoms with Crippen molar-refractivity contribution in [2.75, 3.05) is 17.2 Å². The second kappa shape index (κ2) is 4.57. The number of nitrogens with zero attached hydrogens (tertiary/aromatic N) is 3. The van der Waals surface area contributed by atoms with Gasteiger partial charge in [0, 0.05) is 18.8 Å². The number of anilines is 2. The number of hydrogen-bond donors (Lipinski definition) is 2. The van der Waals surface area contributed by atoms with Gasteiger partial charge in [-0.3, -0.25) is 4.79 Å². The quantitative estimate of drug-likeness (QED) is 0.760. The Hall–Kier alpha value is -1.85. The highest BCUT2D eigenvalue weighted by atomic mass is 16.1. The zero-order valence-corrected chi connectivity index (χ0v) is 9.84. The summed E-state index contributed by atoms with van der Waals surface area (Å²) in [5, 5.41) is 0. The lowest BCUT2D eigenvalue weighted by molar-refractivity contribution is -0.122. The van der Waals surface area contributed by atoms with Crippen LogP contribution in [0.15, 0.2) is 12.3 Å². The molecule has 6 heteroatoms. The predicted octanol–water partition coefficient (Wildman–Crippen LogP) is 0.149. The topological polar surface area (TPSA) is 98.1 Å². The molecule has 0 spiro atoms. The molecule has 17 heavy (non-hydrogen) atoms. The molecule has 1 aromatic heterocycles. The van der Waals surface area contributed by atoms with Crippen LogP contribution in [0, 0.1) is 5.92 Å². The molecule has 2 heterocycles. The molecule has 2 unspecified atom stereocenters. The average Bonchev–Trinajstić information content (AvgIpc) is 2.29. The van der Waals surface area contributed by atoms with Gasteiger partial charge in [-0.05, 0) is 25.8 Å². The van der Waals surface area contributed by atoms with E-state index in [0.717, 1.165) is 12.8 Å². The summed E-state index contributed by atoms with van der Waals surface area (Å²) in [6.45, 7) is 2.66. The number of hydrogen-bond acceptors (Lipinski definition) is 5. The highest BCUT2D eigenvalue weighted by Gasteiger charge is 2.30. The Morgan fingerprint density at radius 2 is 2.29 bits per heavy atom. The maximum Gasteiger partial charge on any atom is 0.227 e. The van der Waals surface area contributed by atoms with Crippen LogP contribution in [0.2, 0.25) is 0 Å². The second-order valence-corrected chi connectivity index (χ2v) is 4.46. The minimum atomic E-state index is -0.259. The van der Waals surface area contributed by atoms with Crippen molar-refractivity contribution in [3.05, 3.63) is 12.3 Å². The summed E-state index contributed by atoms with van der Waals surface area (Å²) in [6.07, 6.45) is 3.36. The average molecular weight is 235 g/mol. The molecule has 1 amide bonds. The molecule has 1 fully saturated rings. The molecule has 2 rings (SSSR count). The van der Waals surface area contributed by atoms with Crippen molar-refractivity contribution in [2.24, 2.45) is 11.7 Å². The van der Waals surface area contributed by atoms with Gasteiger partial charge in [-0.15, -0.1) is 0 Å². The van der Waals surface area contributed by atoms with E-state index in [1.807, 2.05) is 4.90 Å². The molecule has 1 aromatic rings. The summed E-state index contributed by atoms with van der Waals surface area (Å²) in [5.74, 6) is 0.619. The lowest BCUT2D eigenvalue weighted by atomic mass is 9.93. The summed E-state index contributed by atoms with van der Waals surface area (Å²) in [7, 11) is 0. The number of carbonyl (C=O) groups excluding carboxylic acids is 1. The zero-order valence-electron chi connectivity index (χ0n) is 9.84. The van der Waals surface area contributed by atoms with E-state index in [0.29, 0.717) is 24.4 Å². The van der Waals surface area contributed by atoms with E-state index < -0.39 is 0 Å². The number of piperidine rings is 1. The standard InChI is InChI=1S/C11H17N5O/c1-7-2-3-8(10(13)17)6-16(7)11-14-5-4-9(12)15-11/h4-5,7-8H,2-3,6H2,1H3,(H2,13,17)(H2,12,14,15). The number of nitrogen functional groups attached to an aromatic ring is 1. The Morgan fingerprint density at radius 3 is 2.94 bits per heavy atom. The van der Waals surface area contributed by atoms with Gasteiger partial charge in [-0.1, -0.05) is 0 Å². The van der Waals surface area contributed by atoms with Crippen LogP contribution in [0.25, 0.3) is 0 Å². The van der Waals surface area contributed by atoms with Crippen LogP contribution in [0.4, 0.5) is 11.8 Å². The summed E-state index contributed by atoms with van der Waals surface area (Å²) >= 11 is 0. The van der Waals surface area contributed by atoms with Crippen LogP contribution >= 0.6 is 0 Å². The SMILES string of the molecule is CC1CCC(C(N)=O)CN1c1nccc(N)n1. The first kappa shape index (κ1) is 11.6. The highest BCUT2D eigenvalue weighted by Crippen LogP contribution is 2.25. The predicted molar refractivity (Wildman–Crippen MR) is 65.2 cm³/mol. The van der Waals surface area contributed by atoms with Crippen LogP contribution in [0.3, 0.4) is 0 Å². The summed E-state index contributed by atoms with van der Waals surface area (Å²) in [4.78, 5) is 21.6. The number of rotatable bonds is 2. The molecular formula is C11H17N5O. The Kier molecular flexibility index (Phi) is 3.12. The van der Waals surface area contributed by atoms with E-state index in [-0.39, 0.29) is 11.8 Å². The van der Waals surface area contributed by atoms with Gasteiger partial charge in [-0.2, -0.15) is 4.98 Å². The molecule has 4 N–H and O–H groups in total. The zero-order chi connectivity index (χ0) is 12.4. The number of amides is 1. The van der Waals surface area contributed by atoms with Gasteiger partial charge in [0.25, 0.3) is 0 Å². The summed E-state index contributed by atoms with van der Waals surface area (Å²) in [5.41, 5.74) is 11.0. The van der Waals surface area contributed by atoms with Crippen molar-refractivity contribution < 1.29 is 4.79 Å². The fourth-order valence-corrected chi connectivity index (χ4v) is 2.12. The molecule has 1 aliphatic heterocycles. The minimum Gasteiger partial charge on any atom is -0.384 e. The molecule has 0 saturated carbocycles. The smallest absolute Gasteiger partial charge is 0.227 e. The normalized spacial score (nSPS) is 24.6. The van der Waals surface area contributed by atoms with Crippen molar-refractivity contribution in [1.29, 1.82) is 0 Å². The fraction of sp³-hybridized carbons (Fsp3) is 0.545. The molecular weight excluding hydrogens is 218 g/mol. The van der Waals surface area contributed by atoms with Crippen LogP contribution < -0.4 is 16.4 Å². The number of nitrogens with two attached hydrogens (primary N) is 2. The van der Waals surface area contributed by atoms with E-state index in [4.69, 9.17) is 11.5 Å². The lowest BCUT2D eigenvalue weighted by Gasteiger charge is -2.36. The number of aromatic nitrogens is 2. The van der Waals surface area contributed by atoms with Gasteiger partial charge < -0.3 is 16.4 Å². The van der Waals surface area contributed by atoms with Gasteiger partial charge in [0.2, 0.25) is 11.9 Å². The lowest BCUT2D eigenvalue weighted by Crippen LogP contribution is -2.46. The third-order valence-corrected chi connectivity index (χ3v) is 3.21. The van der Waals surface area contributed by atoms with E-state index in [1.165, 1.54) is 0 Å². The summed E-state index contributed by atoms with van der Waals surface area (Å²) < 4.78 is 0. The Bertz CT molecular complexity index is 422. The molecule has 0 aromatic carbocycles. The van der Waals surface area contributed by atoms with E-state index >= 15 is 0 Å². The van der Waals surface area contributed by atoms with Crippen molar-refractivity contribution in [1.82, 2.24) is 9.97 Å². The van der Waals surface area contributed by atoms with Crippen LogP contribution in [0.1, 0.15) is 19.8 Å². The summed E-state index contributed by atoms with van der Waals surface area (Å²) in [6, 6.07) is 1.94. The third-order valence-electron chi connectivity index (χ3n) is 3.21. The Morgan fingerprint density at radius 1 is 1.53 bits per heavy atom. The maximum atomic E-state index is 11.2. The molecule has 1 aliphatic rings. The van der Waals surface area contributed by atoms with Gasteiger partial charge in [0.05, 0.1) is 5.92 Å². The van der Waals surface area contributed by atoms with Gasteiger partial charge >= 0.3 is 0 Å². The molecule has 92 valence electrons. The Labute approximate surface area is 100 Å². The molecule has 0 aliphatic carbocycles. The third kappa shape index (κ3) is 2.46. The van der Waals surface area contributed by atoms with Gasteiger partial charge in [0.15, 0.2) is 0 Å². The first-order chi connectivity index (χ1) is 8.08. The largest absolute Gasteiger partial charge is 0.384 e. The number of carbonyl (C=O) groups is 1.